The first-order chi connectivity index (χ1) is 6.81. The van der Waals surface area contributed by atoms with Crippen LogP contribution in [0.1, 0.15) is 39.0 Å². The van der Waals surface area contributed by atoms with Crippen LogP contribution in [0.3, 0.4) is 0 Å². The third-order valence-corrected chi connectivity index (χ3v) is 3.30. The van der Waals surface area contributed by atoms with Crippen LogP contribution in [-0.2, 0) is 9.53 Å². The van der Waals surface area contributed by atoms with E-state index in [2.05, 4.69) is 13.0 Å². The number of hydrogen-bond donors (Lipinski definition) is 0. The Balaban J connectivity index is 1.84. The molecule has 2 aliphatic carbocycles. The average Bonchev–Trinajstić information content (AvgIpc) is 2.79. The van der Waals surface area contributed by atoms with E-state index in [0.717, 1.165) is 18.4 Å². The van der Waals surface area contributed by atoms with E-state index < -0.39 is 0 Å². The predicted molar refractivity (Wildman–Crippen MR) is 54.8 cm³/mol. The molecule has 78 valence electrons. The molecule has 0 aromatic heterocycles. The Morgan fingerprint density at radius 1 is 1.57 bits per heavy atom. The molecular weight excluding hydrogens is 176 g/mol. The molecule has 0 spiro atoms. The molecule has 14 heavy (non-hydrogen) atoms. The van der Waals surface area contributed by atoms with Gasteiger partial charge in [-0.25, -0.2) is 4.79 Å². The van der Waals surface area contributed by atoms with Gasteiger partial charge in [-0.05, 0) is 37.5 Å². The van der Waals surface area contributed by atoms with Crippen LogP contribution >= 0.6 is 0 Å². The van der Waals surface area contributed by atoms with Crippen molar-refractivity contribution in [3.8, 4) is 0 Å². The molecule has 0 saturated heterocycles. The molecule has 2 nitrogen and oxygen atoms in total. The number of allylic oxidation sites excluding steroid dienone is 1. The fourth-order valence-electron chi connectivity index (χ4n) is 2.47. The molecule has 2 heteroatoms. The molecule has 0 aliphatic heterocycles. The van der Waals surface area contributed by atoms with E-state index in [0.29, 0.717) is 18.4 Å². The summed E-state index contributed by atoms with van der Waals surface area (Å²) in [5.41, 5.74) is 0.970. The number of carbonyl (C=O) groups excluding carboxylic acids is 1. The van der Waals surface area contributed by atoms with Crippen molar-refractivity contribution < 1.29 is 9.53 Å². The molecule has 2 atom stereocenters. The summed E-state index contributed by atoms with van der Waals surface area (Å²) in [5.74, 6) is 1.15. The maximum atomic E-state index is 11.6. The lowest BCUT2D eigenvalue weighted by Crippen LogP contribution is -2.13. The van der Waals surface area contributed by atoms with Crippen LogP contribution in [0.2, 0.25) is 0 Å². The molecule has 2 bridgehead atoms. The maximum Gasteiger partial charge on any atom is 0.333 e. The highest BCUT2D eigenvalue weighted by Gasteiger charge is 2.36. The van der Waals surface area contributed by atoms with Gasteiger partial charge in [0.2, 0.25) is 0 Å². The maximum absolute atomic E-state index is 11.6. The van der Waals surface area contributed by atoms with Crippen LogP contribution < -0.4 is 0 Å². The number of fused-ring (bicyclic) bond motifs is 2. The van der Waals surface area contributed by atoms with Crippen molar-refractivity contribution in [3.63, 3.8) is 0 Å². The molecule has 1 fully saturated rings. The smallest absolute Gasteiger partial charge is 0.333 e. The minimum Gasteiger partial charge on any atom is -0.462 e. The lowest BCUT2D eigenvalue weighted by atomic mass is 9.99. The number of rotatable bonds is 4. The van der Waals surface area contributed by atoms with E-state index >= 15 is 0 Å². The number of unbranched alkanes of at least 4 members (excludes halogenated alkanes) is 1. The molecule has 2 aliphatic rings. The average molecular weight is 194 g/mol. The van der Waals surface area contributed by atoms with Crippen molar-refractivity contribution in [2.75, 3.05) is 6.61 Å². The van der Waals surface area contributed by atoms with Crippen LogP contribution in [0.25, 0.3) is 0 Å². The lowest BCUT2D eigenvalue weighted by molar-refractivity contribution is -0.139. The SMILES string of the molecule is CCCCOC(=O)C1=C[C@@H]2CC[C@H]1C2. The molecule has 0 N–H and O–H groups in total. The second-order valence-electron chi connectivity index (χ2n) is 4.38. The first-order valence-electron chi connectivity index (χ1n) is 5.70. The Labute approximate surface area is 85.3 Å². The van der Waals surface area contributed by atoms with Crippen LogP contribution in [-0.4, -0.2) is 12.6 Å². The molecule has 2 rings (SSSR count). The summed E-state index contributed by atoms with van der Waals surface area (Å²) >= 11 is 0. The van der Waals surface area contributed by atoms with E-state index in [4.69, 9.17) is 4.74 Å². The van der Waals surface area contributed by atoms with E-state index in [9.17, 15) is 4.79 Å². The number of ether oxygens (including phenoxy) is 1. The van der Waals surface area contributed by atoms with Gasteiger partial charge in [0.25, 0.3) is 0 Å². The Hall–Kier alpha value is -0.790. The summed E-state index contributed by atoms with van der Waals surface area (Å²) in [6.45, 7) is 2.69. The second kappa shape index (κ2) is 4.16. The van der Waals surface area contributed by atoms with E-state index in [-0.39, 0.29) is 5.97 Å². The van der Waals surface area contributed by atoms with Gasteiger partial charge in [-0.3, -0.25) is 0 Å². The highest BCUT2D eigenvalue weighted by molar-refractivity contribution is 5.89. The molecule has 0 aromatic carbocycles. The van der Waals surface area contributed by atoms with Crippen molar-refractivity contribution >= 4 is 5.97 Å². The van der Waals surface area contributed by atoms with Crippen molar-refractivity contribution in [2.24, 2.45) is 11.8 Å². The second-order valence-corrected chi connectivity index (χ2v) is 4.38. The summed E-state index contributed by atoms with van der Waals surface area (Å²) < 4.78 is 5.21. The first-order valence-corrected chi connectivity index (χ1v) is 5.70. The Morgan fingerprint density at radius 2 is 2.43 bits per heavy atom. The zero-order chi connectivity index (χ0) is 9.97. The zero-order valence-electron chi connectivity index (χ0n) is 8.79. The monoisotopic (exact) mass is 194 g/mol. The van der Waals surface area contributed by atoms with Gasteiger partial charge < -0.3 is 4.74 Å². The molecule has 1 saturated carbocycles. The zero-order valence-corrected chi connectivity index (χ0v) is 8.79. The summed E-state index contributed by atoms with van der Waals surface area (Å²) in [5, 5.41) is 0. The van der Waals surface area contributed by atoms with Crippen LogP contribution in [0.5, 0.6) is 0 Å². The Kier molecular flexibility index (Phi) is 2.90. The number of esters is 1. The summed E-state index contributed by atoms with van der Waals surface area (Å²) in [4.78, 5) is 11.6. The largest absolute Gasteiger partial charge is 0.462 e. The normalized spacial score (nSPS) is 29.1. The highest BCUT2D eigenvalue weighted by atomic mass is 16.5. The van der Waals surface area contributed by atoms with Crippen molar-refractivity contribution in [1.29, 1.82) is 0 Å². The third-order valence-electron chi connectivity index (χ3n) is 3.30. The van der Waals surface area contributed by atoms with Gasteiger partial charge in [-0.15, -0.1) is 0 Å². The lowest BCUT2D eigenvalue weighted by Gasteiger charge is -2.12. The van der Waals surface area contributed by atoms with Crippen molar-refractivity contribution in [1.82, 2.24) is 0 Å². The fraction of sp³-hybridized carbons (Fsp3) is 0.750. The topological polar surface area (TPSA) is 26.3 Å². The minimum atomic E-state index is -0.0503. The van der Waals surface area contributed by atoms with E-state index in [1.54, 1.807) is 0 Å². The van der Waals surface area contributed by atoms with Gasteiger partial charge in [0.05, 0.1) is 6.61 Å². The molecular formula is C12H18O2. The minimum absolute atomic E-state index is 0.0503. The van der Waals surface area contributed by atoms with E-state index in [1.807, 2.05) is 0 Å². The third kappa shape index (κ3) is 1.84. The van der Waals surface area contributed by atoms with Crippen LogP contribution in [0.15, 0.2) is 11.6 Å². The van der Waals surface area contributed by atoms with Gasteiger partial charge in [0.15, 0.2) is 0 Å². The quantitative estimate of drug-likeness (QED) is 0.508. The summed E-state index contributed by atoms with van der Waals surface area (Å²) in [7, 11) is 0. The van der Waals surface area contributed by atoms with Gasteiger partial charge in [-0.2, -0.15) is 0 Å². The fourth-order valence-corrected chi connectivity index (χ4v) is 2.47. The molecule has 0 aromatic rings. The Morgan fingerprint density at radius 3 is 3.00 bits per heavy atom. The highest BCUT2D eigenvalue weighted by Crippen LogP contribution is 2.43. The van der Waals surface area contributed by atoms with Crippen molar-refractivity contribution in [3.05, 3.63) is 11.6 Å². The Bertz CT molecular complexity index is 255. The standard InChI is InChI=1S/C12H18O2/c1-2-3-6-14-12(13)11-8-9-4-5-10(11)7-9/h8-10H,2-7H2,1H3/t9-,10+/m1/s1. The van der Waals surface area contributed by atoms with Gasteiger partial charge in [0, 0.05) is 5.57 Å². The number of carbonyl (C=O) groups is 1. The van der Waals surface area contributed by atoms with Crippen LogP contribution in [0, 0.1) is 11.8 Å². The molecule has 0 amide bonds. The molecule has 0 unspecified atom stereocenters. The summed E-state index contributed by atoms with van der Waals surface area (Å²) in [6.07, 6.45) is 7.86. The first kappa shape index (κ1) is 9.75. The molecule has 0 radical (unpaired) electrons. The van der Waals surface area contributed by atoms with Gasteiger partial charge in [0.1, 0.15) is 0 Å². The van der Waals surface area contributed by atoms with Gasteiger partial charge >= 0.3 is 5.97 Å². The van der Waals surface area contributed by atoms with E-state index in [1.165, 1.54) is 19.3 Å². The van der Waals surface area contributed by atoms with Gasteiger partial charge in [-0.1, -0.05) is 19.4 Å². The predicted octanol–water partition coefficient (Wildman–Crippen LogP) is 2.69. The molecule has 0 heterocycles. The van der Waals surface area contributed by atoms with Crippen molar-refractivity contribution in [2.45, 2.75) is 39.0 Å². The number of hydrogen-bond acceptors (Lipinski definition) is 2. The summed E-state index contributed by atoms with van der Waals surface area (Å²) in [6, 6.07) is 0. The van der Waals surface area contributed by atoms with Crippen LogP contribution in [0.4, 0.5) is 0 Å².